The SMILES string of the molecule is CCCn1cc(NC(=O)CCC(=O)O)cn1. The van der Waals surface area contributed by atoms with Gasteiger partial charge in [-0.05, 0) is 6.42 Å². The molecule has 88 valence electrons. The number of aliphatic carboxylic acids is 1. The maximum absolute atomic E-state index is 11.3. The van der Waals surface area contributed by atoms with Crippen LogP contribution in [-0.2, 0) is 16.1 Å². The Morgan fingerprint density at radius 2 is 2.25 bits per heavy atom. The lowest BCUT2D eigenvalue weighted by molar-refractivity contribution is -0.138. The number of nitrogens with zero attached hydrogens (tertiary/aromatic N) is 2. The Morgan fingerprint density at radius 1 is 1.50 bits per heavy atom. The predicted octanol–water partition coefficient (Wildman–Crippen LogP) is 1.10. The van der Waals surface area contributed by atoms with Crippen LogP contribution in [0, 0.1) is 0 Å². The van der Waals surface area contributed by atoms with E-state index in [9.17, 15) is 9.59 Å². The number of amides is 1. The molecule has 6 nitrogen and oxygen atoms in total. The molecule has 2 N–H and O–H groups in total. The first-order valence-corrected chi connectivity index (χ1v) is 5.16. The quantitative estimate of drug-likeness (QED) is 0.759. The van der Waals surface area contributed by atoms with Gasteiger partial charge in [0.2, 0.25) is 5.91 Å². The molecule has 0 fully saturated rings. The van der Waals surface area contributed by atoms with Crippen molar-refractivity contribution >= 4 is 17.6 Å². The second-order valence-electron chi connectivity index (χ2n) is 3.43. The van der Waals surface area contributed by atoms with Gasteiger partial charge in [-0.1, -0.05) is 6.92 Å². The zero-order valence-electron chi connectivity index (χ0n) is 9.14. The fraction of sp³-hybridized carbons (Fsp3) is 0.500. The standard InChI is InChI=1S/C10H15N3O3/c1-2-5-13-7-8(6-11-13)12-9(14)3-4-10(15)16/h6-7H,2-5H2,1H3,(H,12,14)(H,15,16). The minimum Gasteiger partial charge on any atom is -0.481 e. The molecule has 0 unspecified atom stereocenters. The highest BCUT2D eigenvalue weighted by atomic mass is 16.4. The summed E-state index contributed by atoms with van der Waals surface area (Å²) in [6.07, 6.45) is 4.06. The smallest absolute Gasteiger partial charge is 0.303 e. The Morgan fingerprint density at radius 3 is 2.88 bits per heavy atom. The lowest BCUT2D eigenvalue weighted by atomic mass is 10.3. The minimum atomic E-state index is -0.975. The molecule has 1 heterocycles. The van der Waals surface area contributed by atoms with Gasteiger partial charge in [-0.3, -0.25) is 14.3 Å². The number of aromatic nitrogens is 2. The van der Waals surface area contributed by atoms with E-state index in [0.29, 0.717) is 5.69 Å². The van der Waals surface area contributed by atoms with Crippen molar-refractivity contribution in [3.63, 3.8) is 0 Å². The first-order chi connectivity index (χ1) is 7.61. The molecule has 1 amide bonds. The van der Waals surface area contributed by atoms with E-state index in [0.717, 1.165) is 13.0 Å². The summed E-state index contributed by atoms with van der Waals surface area (Å²) in [4.78, 5) is 21.5. The van der Waals surface area contributed by atoms with E-state index in [1.807, 2.05) is 6.92 Å². The van der Waals surface area contributed by atoms with E-state index in [1.54, 1.807) is 17.1 Å². The third-order valence-corrected chi connectivity index (χ3v) is 1.94. The summed E-state index contributed by atoms with van der Waals surface area (Å²) in [6, 6.07) is 0. The van der Waals surface area contributed by atoms with E-state index >= 15 is 0 Å². The Kier molecular flexibility index (Phi) is 4.50. The van der Waals surface area contributed by atoms with Crippen LogP contribution < -0.4 is 5.32 Å². The van der Waals surface area contributed by atoms with Crippen LogP contribution in [0.4, 0.5) is 5.69 Å². The van der Waals surface area contributed by atoms with Crippen LogP contribution >= 0.6 is 0 Å². The van der Waals surface area contributed by atoms with Crippen molar-refractivity contribution < 1.29 is 14.7 Å². The minimum absolute atomic E-state index is 0.0196. The van der Waals surface area contributed by atoms with Crippen molar-refractivity contribution in [2.75, 3.05) is 5.32 Å². The van der Waals surface area contributed by atoms with Crippen LogP contribution in [0.1, 0.15) is 26.2 Å². The molecule has 1 aromatic rings. The van der Waals surface area contributed by atoms with Gasteiger partial charge >= 0.3 is 5.97 Å². The number of aryl methyl sites for hydroxylation is 1. The molecule has 1 aromatic heterocycles. The van der Waals surface area contributed by atoms with Crippen LogP contribution in [0.25, 0.3) is 0 Å². The summed E-state index contributed by atoms with van der Waals surface area (Å²) in [5.74, 6) is -1.28. The lowest BCUT2D eigenvalue weighted by Crippen LogP contribution is -2.12. The Balaban J connectivity index is 2.40. The molecule has 0 aromatic carbocycles. The van der Waals surface area contributed by atoms with Gasteiger partial charge in [0.05, 0.1) is 18.3 Å². The molecule has 0 bridgehead atoms. The summed E-state index contributed by atoms with van der Waals surface area (Å²) < 4.78 is 1.73. The summed E-state index contributed by atoms with van der Waals surface area (Å²) in [6.45, 7) is 2.83. The van der Waals surface area contributed by atoms with Crippen LogP contribution in [0.15, 0.2) is 12.4 Å². The molecular weight excluding hydrogens is 210 g/mol. The van der Waals surface area contributed by atoms with Gasteiger partial charge in [0, 0.05) is 19.2 Å². The number of carboxylic acids is 1. The van der Waals surface area contributed by atoms with Crippen molar-refractivity contribution in [2.45, 2.75) is 32.7 Å². The largest absolute Gasteiger partial charge is 0.481 e. The van der Waals surface area contributed by atoms with Crippen LogP contribution in [0.2, 0.25) is 0 Å². The number of hydrogen-bond donors (Lipinski definition) is 2. The summed E-state index contributed by atoms with van der Waals surface area (Å²) in [7, 11) is 0. The first kappa shape index (κ1) is 12.2. The number of hydrogen-bond acceptors (Lipinski definition) is 3. The molecule has 1 rings (SSSR count). The second-order valence-corrected chi connectivity index (χ2v) is 3.43. The molecule has 0 radical (unpaired) electrons. The van der Waals surface area contributed by atoms with Gasteiger partial charge in [0.15, 0.2) is 0 Å². The number of carboxylic acid groups (broad SMARTS) is 1. The first-order valence-electron chi connectivity index (χ1n) is 5.16. The molecule has 0 spiro atoms. The molecule has 0 saturated carbocycles. The lowest BCUT2D eigenvalue weighted by Gasteiger charge is -2.00. The zero-order chi connectivity index (χ0) is 12.0. The molecule has 0 saturated heterocycles. The summed E-state index contributed by atoms with van der Waals surface area (Å²) in [5.41, 5.74) is 0.601. The van der Waals surface area contributed by atoms with Gasteiger partial charge in [-0.15, -0.1) is 0 Å². The van der Waals surface area contributed by atoms with Gasteiger partial charge < -0.3 is 10.4 Å². The Hall–Kier alpha value is -1.85. The molecule has 0 atom stereocenters. The molecule has 0 aliphatic rings. The van der Waals surface area contributed by atoms with Gasteiger partial charge in [0.25, 0.3) is 0 Å². The number of nitrogens with one attached hydrogen (secondary N) is 1. The molecule has 0 aliphatic heterocycles. The van der Waals surface area contributed by atoms with E-state index in [1.165, 1.54) is 0 Å². The highest BCUT2D eigenvalue weighted by Gasteiger charge is 2.06. The third kappa shape index (κ3) is 4.12. The molecule has 6 heteroatoms. The van der Waals surface area contributed by atoms with Crippen LogP contribution in [0.5, 0.6) is 0 Å². The zero-order valence-corrected chi connectivity index (χ0v) is 9.14. The second kappa shape index (κ2) is 5.89. The van der Waals surface area contributed by atoms with E-state index < -0.39 is 5.97 Å². The van der Waals surface area contributed by atoms with Gasteiger partial charge in [-0.2, -0.15) is 5.10 Å². The number of rotatable bonds is 6. The number of carbonyl (C=O) groups is 2. The molecule has 0 aliphatic carbocycles. The average Bonchev–Trinajstić information content (AvgIpc) is 2.63. The molecule has 16 heavy (non-hydrogen) atoms. The van der Waals surface area contributed by atoms with Crippen molar-refractivity contribution in [1.29, 1.82) is 0 Å². The summed E-state index contributed by atoms with van der Waals surface area (Å²) in [5, 5.41) is 15.0. The van der Waals surface area contributed by atoms with E-state index in [4.69, 9.17) is 5.11 Å². The van der Waals surface area contributed by atoms with Crippen molar-refractivity contribution in [3.8, 4) is 0 Å². The van der Waals surface area contributed by atoms with E-state index in [2.05, 4.69) is 10.4 Å². The third-order valence-electron chi connectivity index (χ3n) is 1.94. The van der Waals surface area contributed by atoms with E-state index in [-0.39, 0.29) is 18.7 Å². The monoisotopic (exact) mass is 225 g/mol. The van der Waals surface area contributed by atoms with Crippen molar-refractivity contribution in [1.82, 2.24) is 9.78 Å². The fourth-order valence-electron chi connectivity index (χ4n) is 1.22. The van der Waals surface area contributed by atoms with Crippen molar-refractivity contribution in [2.24, 2.45) is 0 Å². The Bertz CT molecular complexity index is 373. The van der Waals surface area contributed by atoms with Gasteiger partial charge in [-0.25, -0.2) is 0 Å². The van der Waals surface area contributed by atoms with Gasteiger partial charge in [0.1, 0.15) is 0 Å². The highest BCUT2D eigenvalue weighted by Crippen LogP contribution is 2.06. The topological polar surface area (TPSA) is 84.2 Å². The fourth-order valence-corrected chi connectivity index (χ4v) is 1.22. The maximum atomic E-state index is 11.3. The predicted molar refractivity (Wildman–Crippen MR) is 58.0 cm³/mol. The maximum Gasteiger partial charge on any atom is 0.303 e. The Labute approximate surface area is 93.3 Å². The normalized spacial score (nSPS) is 10.1. The summed E-state index contributed by atoms with van der Waals surface area (Å²) >= 11 is 0. The number of anilines is 1. The van der Waals surface area contributed by atoms with Crippen LogP contribution in [-0.4, -0.2) is 26.8 Å². The average molecular weight is 225 g/mol. The highest BCUT2D eigenvalue weighted by molar-refractivity contribution is 5.92. The van der Waals surface area contributed by atoms with Crippen molar-refractivity contribution in [3.05, 3.63) is 12.4 Å². The van der Waals surface area contributed by atoms with Crippen LogP contribution in [0.3, 0.4) is 0 Å². The number of carbonyl (C=O) groups excluding carboxylic acids is 1. The molecular formula is C10H15N3O3.